The lowest BCUT2D eigenvalue weighted by molar-refractivity contribution is -0.120. The number of anilines is 2. The first-order valence-electron chi connectivity index (χ1n) is 7.19. The molecule has 0 unspecified atom stereocenters. The zero-order valence-electron chi connectivity index (χ0n) is 11.7. The summed E-state index contributed by atoms with van der Waals surface area (Å²) in [5, 5.41) is 0. The van der Waals surface area contributed by atoms with Crippen molar-refractivity contribution in [2.45, 2.75) is 25.7 Å². The molecule has 22 heavy (non-hydrogen) atoms. The maximum Gasteiger partial charge on any atom is 0.261 e. The van der Waals surface area contributed by atoms with Gasteiger partial charge in [0, 0.05) is 16.7 Å². The molecule has 0 fully saturated rings. The van der Waals surface area contributed by atoms with Crippen LogP contribution in [0.5, 0.6) is 0 Å². The van der Waals surface area contributed by atoms with Gasteiger partial charge in [0.15, 0.2) is 0 Å². The van der Waals surface area contributed by atoms with Gasteiger partial charge in [-0.15, -0.1) is 0 Å². The van der Waals surface area contributed by atoms with Crippen LogP contribution in [-0.2, 0) is 14.4 Å². The number of halogens is 1. The van der Waals surface area contributed by atoms with Gasteiger partial charge in [0.25, 0.3) is 11.8 Å². The normalized spacial score (nSPS) is 19.8. The predicted octanol–water partition coefficient (Wildman–Crippen LogP) is 2.90. The highest BCUT2D eigenvalue weighted by molar-refractivity contribution is 6.33. The van der Waals surface area contributed by atoms with Crippen LogP contribution in [0.3, 0.4) is 0 Å². The second kappa shape index (κ2) is 4.69. The van der Waals surface area contributed by atoms with E-state index in [0.717, 1.165) is 17.7 Å². The summed E-state index contributed by atoms with van der Waals surface area (Å²) in [4.78, 5) is 30.9. The molecule has 6 heteroatoms. The van der Waals surface area contributed by atoms with E-state index >= 15 is 0 Å². The molecule has 0 radical (unpaired) electrons. The number of nitrogens with one attached hydrogen (secondary N) is 1. The number of nitrogens with zero attached hydrogens (tertiary/aromatic N) is 1. The van der Waals surface area contributed by atoms with Crippen molar-refractivity contribution in [1.29, 1.82) is 0 Å². The summed E-state index contributed by atoms with van der Waals surface area (Å²) in [7, 11) is 0. The Balaban J connectivity index is 1.79. The molecule has 1 aromatic carbocycles. The Labute approximate surface area is 126 Å². The van der Waals surface area contributed by atoms with Crippen molar-refractivity contribution in [3.05, 3.63) is 40.9 Å². The minimum atomic E-state index is -0.603. The van der Waals surface area contributed by atoms with E-state index in [9.17, 15) is 14.0 Å². The summed E-state index contributed by atoms with van der Waals surface area (Å²) in [5.41, 5.74) is 4.79. The number of hydrogen-bond donors (Lipinski definition) is 1. The second-order valence-corrected chi connectivity index (χ2v) is 5.52. The smallest absolute Gasteiger partial charge is 0.261 e. The zero-order chi connectivity index (χ0) is 15.3. The van der Waals surface area contributed by atoms with Crippen LogP contribution in [0.15, 0.2) is 29.5 Å². The second-order valence-electron chi connectivity index (χ2n) is 5.52. The molecular weight excluding hydrogens is 287 g/mol. The standard InChI is InChI=1S/C16H13FN2O3/c17-12-7-9-5-6-22-18-13(9)8-14(12)19-15(20)10-3-1-2-4-11(10)16(19)21/h5-8,18H,1-4H2. The van der Waals surface area contributed by atoms with Gasteiger partial charge in [-0.05, 0) is 43.9 Å². The van der Waals surface area contributed by atoms with Gasteiger partial charge < -0.3 is 4.84 Å². The summed E-state index contributed by atoms with van der Waals surface area (Å²) >= 11 is 0. The van der Waals surface area contributed by atoms with Gasteiger partial charge in [-0.2, -0.15) is 0 Å². The largest absolute Gasteiger partial charge is 0.390 e. The molecule has 0 aromatic heterocycles. The monoisotopic (exact) mass is 300 g/mol. The van der Waals surface area contributed by atoms with Crippen LogP contribution in [0, 0.1) is 5.82 Å². The van der Waals surface area contributed by atoms with Crippen LogP contribution in [0.2, 0.25) is 0 Å². The van der Waals surface area contributed by atoms with Crippen molar-refractivity contribution in [3.63, 3.8) is 0 Å². The summed E-state index contributed by atoms with van der Waals surface area (Å²) in [6, 6.07) is 2.72. The van der Waals surface area contributed by atoms with Gasteiger partial charge in [-0.25, -0.2) is 14.8 Å². The molecule has 2 amide bonds. The molecule has 112 valence electrons. The molecule has 0 spiro atoms. The van der Waals surface area contributed by atoms with Crippen LogP contribution in [0.1, 0.15) is 31.2 Å². The Morgan fingerprint density at radius 2 is 1.77 bits per heavy atom. The topological polar surface area (TPSA) is 58.6 Å². The fraction of sp³-hybridized carbons (Fsp3) is 0.250. The van der Waals surface area contributed by atoms with Gasteiger partial charge in [-0.1, -0.05) is 0 Å². The summed E-state index contributed by atoms with van der Waals surface area (Å²) in [6.45, 7) is 0. The SMILES string of the molecule is O=C1C2=C(CCCC2)C(=O)N1c1cc2c(cc1F)C=CON2. The molecule has 0 bridgehead atoms. The van der Waals surface area contributed by atoms with Crippen LogP contribution >= 0.6 is 0 Å². The molecule has 0 saturated carbocycles. The van der Waals surface area contributed by atoms with Crippen molar-refractivity contribution >= 4 is 29.3 Å². The Morgan fingerprint density at radius 1 is 1.09 bits per heavy atom. The lowest BCUT2D eigenvalue weighted by Gasteiger charge is -2.20. The van der Waals surface area contributed by atoms with E-state index < -0.39 is 17.6 Å². The van der Waals surface area contributed by atoms with Crippen LogP contribution < -0.4 is 10.4 Å². The van der Waals surface area contributed by atoms with E-state index in [1.54, 1.807) is 6.08 Å². The molecule has 4 rings (SSSR count). The van der Waals surface area contributed by atoms with Gasteiger partial charge >= 0.3 is 0 Å². The predicted molar refractivity (Wildman–Crippen MR) is 78.1 cm³/mol. The van der Waals surface area contributed by atoms with Crippen LogP contribution in [0.4, 0.5) is 15.8 Å². The highest BCUT2D eigenvalue weighted by Gasteiger charge is 2.41. The average molecular weight is 300 g/mol. The van der Waals surface area contributed by atoms with Crippen molar-refractivity contribution in [2.75, 3.05) is 10.4 Å². The van der Waals surface area contributed by atoms with Gasteiger partial charge in [0.2, 0.25) is 0 Å². The van der Waals surface area contributed by atoms with Gasteiger partial charge in [-0.3, -0.25) is 9.59 Å². The van der Waals surface area contributed by atoms with E-state index in [0.29, 0.717) is 35.2 Å². The molecule has 5 nitrogen and oxygen atoms in total. The third kappa shape index (κ3) is 1.76. The third-order valence-electron chi connectivity index (χ3n) is 4.23. The third-order valence-corrected chi connectivity index (χ3v) is 4.23. The van der Waals surface area contributed by atoms with E-state index in [4.69, 9.17) is 4.84 Å². The molecule has 1 aromatic rings. The number of carbonyl (C=O) groups excluding carboxylic acids is 2. The quantitative estimate of drug-likeness (QED) is 0.810. The summed E-state index contributed by atoms with van der Waals surface area (Å²) in [5.74, 6) is -1.40. The van der Waals surface area contributed by atoms with Crippen molar-refractivity contribution in [3.8, 4) is 0 Å². The Kier molecular flexibility index (Phi) is 2.79. The fourth-order valence-corrected chi connectivity index (χ4v) is 3.14. The van der Waals surface area contributed by atoms with Crippen LogP contribution in [-0.4, -0.2) is 11.8 Å². The Hall–Kier alpha value is -2.63. The summed E-state index contributed by atoms with van der Waals surface area (Å²) in [6.07, 6.45) is 5.96. The molecule has 1 N–H and O–H groups in total. The number of rotatable bonds is 1. The maximum absolute atomic E-state index is 14.4. The highest BCUT2D eigenvalue weighted by atomic mass is 19.1. The first-order chi connectivity index (χ1) is 10.7. The number of fused-ring (bicyclic) bond motifs is 1. The zero-order valence-corrected chi connectivity index (χ0v) is 11.7. The van der Waals surface area contributed by atoms with Crippen molar-refractivity contribution < 1.29 is 18.8 Å². The lowest BCUT2D eigenvalue weighted by Crippen LogP contribution is -2.32. The number of hydrogen-bond acceptors (Lipinski definition) is 4. The number of carbonyl (C=O) groups is 2. The number of amides is 2. The fourth-order valence-electron chi connectivity index (χ4n) is 3.14. The lowest BCUT2D eigenvalue weighted by atomic mass is 9.93. The Bertz CT molecular complexity index is 739. The average Bonchev–Trinajstić information content (AvgIpc) is 2.79. The van der Waals surface area contributed by atoms with E-state index in [-0.39, 0.29) is 5.69 Å². The van der Waals surface area contributed by atoms with Crippen molar-refractivity contribution in [2.24, 2.45) is 0 Å². The minimum absolute atomic E-state index is 0.0328. The molecule has 0 atom stereocenters. The molecule has 2 aliphatic heterocycles. The van der Waals surface area contributed by atoms with Gasteiger partial charge in [0.1, 0.15) is 12.1 Å². The molecule has 0 saturated heterocycles. The van der Waals surface area contributed by atoms with E-state index in [1.165, 1.54) is 18.4 Å². The first-order valence-corrected chi connectivity index (χ1v) is 7.19. The highest BCUT2D eigenvalue weighted by Crippen LogP contribution is 2.38. The minimum Gasteiger partial charge on any atom is -0.390 e. The summed E-state index contributed by atoms with van der Waals surface area (Å²) < 4.78 is 14.4. The molecular formula is C16H13FN2O3. The molecule has 2 heterocycles. The van der Waals surface area contributed by atoms with E-state index in [1.807, 2.05) is 0 Å². The molecule has 3 aliphatic rings. The maximum atomic E-state index is 14.4. The Morgan fingerprint density at radius 3 is 2.45 bits per heavy atom. The van der Waals surface area contributed by atoms with Crippen molar-refractivity contribution in [1.82, 2.24) is 0 Å². The molecule has 1 aliphatic carbocycles. The number of benzene rings is 1. The first kappa shape index (κ1) is 13.1. The van der Waals surface area contributed by atoms with Crippen LogP contribution in [0.25, 0.3) is 6.08 Å². The van der Waals surface area contributed by atoms with E-state index in [2.05, 4.69) is 5.48 Å². The van der Waals surface area contributed by atoms with Gasteiger partial charge in [0.05, 0.1) is 11.4 Å². The number of imide groups is 1.